The van der Waals surface area contributed by atoms with Crippen LogP contribution in [0.1, 0.15) is 88.7 Å². The van der Waals surface area contributed by atoms with E-state index in [4.69, 9.17) is 4.74 Å². The standard InChI is InChI=1S/C32H35N3O4S.C4H8.C2H6/c1-7-17-40-22(4)14-13-21(3)34-31(38)30(37)33-20-25-11-9-10-12-27(25)29(36)35-32(15-16-32)26-18-24(8-2)23(5)28(19-26)39-6;1-4-2-3-4;1-2/h7-12,17-19,21H,4-5,15-16,20H2,1-3,6H3,(H,33,37)(H,34,38)(H,35,36);4H,2-3H2,1H3;1-2H3/b17-7-,24-8-;;. The monoisotopic (exact) mass is 643 g/mol. The normalized spacial score (nSPS) is 15.0. The summed E-state index contributed by atoms with van der Waals surface area (Å²) >= 11 is 1.38. The highest BCUT2D eigenvalue weighted by Crippen LogP contribution is 2.45. The summed E-state index contributed by atoms with van der Waals surface area (Å²) in [7, 11) is 1.60. The number of carbonyl (C=O) groups excluding carboxylic acids is 3. The average molecular weight is 644 g/mol. The zero-order chi connectivity index (χ0) is 34.3. The van der Waals surface area contributed by atoms with Gasteiger partial charge in [-0.05, 0) is 79.5 Å². The van der Waals surface area contributed by atoms with Gasteiger partial charge in [-0.3, -0.25) is 14.4 Å². The number of thioether (sulfide) groups is 1. The number of hydrogen-bond donors (Lipinski definition) is 3. The number of hydrogen-bond acceptors (Lipinski definition) is 5. The molecule has 0 saturated heterocycles. The molecule has 2 aromatic rings. The van der Waals surface area contributed by atoms with Gasteiger partial charge in [0.2, 0.25) is 0 Å². The second-order valence-corrected chi connectivity index (χ2v) is 12.1. The SMILES string of the molecule is C=C(C#CC(C)NC(=O)C(=O)NCc1ccccc1C(=O)NC1(c2cc(OC)c(=C)/c(=C\C)c2)CC1)S/C=C\C.CC.CC1CC1. The highest BCUT2D eigenvalue weighted by molar-refractivity contribution is 8.06. The van der Waals surface area contributed by atoms with Gasteiger partial charge in [-0.2, -0.15) is 0 Å². The van der Waals surface area contributed by atoms with Crippen LogP contribution in [-0.4, -0.2) is 30.9 Å². The Morgan fingerprint density at radius 1 is 1.13 bits per heavy atom. The quantitative estimate of drug-likeness (QED) is 0.242. The molecule has 2 fully saturated rings. The van der Waals surface area contributed by atoms with E-state index >= 15 is 0 Å². The third-order valence-corrected chi connectivity index (χ3v) is 8.12. The number of ether oxygens (including phenoxy) is 1. The van der Waals surface area contributed by atoms with Crippen LogP contribution < -0.4 is 31.1 Å². The fraction of sp³-hybridized carbons (Fsp3) is 0.395. The summed E-state index contributed by atoms with van der Waals surface area (Å²) in [6.45, 7) is 19.7. The molecule has 2 saturated carbocycles. The molecule has 246 valence electrons. The molecule has 1 unspecified atom stereocenters. The van der Waals surface area contributed by atoms with Crippen LogP contribution in [0.25, 0.3) is 12.7 Å². The number of amides is 3. The van der Waals surface area contributed by atoms with Gasteiger partial charge in [0.25, 0.3) is 5.91 Å². The topological polar surface area (TPSA) is 96.5 Å². The third kappa shape index (κ3) is 11.6. The Kier molecular flexibility index (Phi) is 15.4. The van der Waals surface area contributed by atoms with Crippen molar-refractivity contribution in [1.82, 2.24) is 16.0 Å². The van der Waals surface area contributed by atoms with E-state index in [0.717, 1.165) is 34.8 Å². The first-order valence-corrected chi connectivity index (χ1v) is 16.7. The van der Waals surface area contributed by atoms with Gasteiger partial charge in [-0.25, -0.2) is 0 Å². The van der Waals surface area contributed by atoms with Crippen LogP contribution in [0.3, 0.4) is 0 Å². The molecular weight excluding hydrogens is 595 g/mol. The molecule has 0 radical (unpaired) electrons. The van der Waals surface area contributed by atoms with Gasteiger partial charge >= 0.3 is 11.8 Å². The number of rotatable bonds is 9. The first-order chi connectivity index (χ1) is 22.0. The molecular formula is C38H49N3O4S. The van der Waals surface area contributed by atoms with Crippen LogP contribution in [0.2, 0.25) is 0 Å². The fourth-order valence-corrected chi connectivity index (χ4v) is 4.68. The van der Waals surface area contributed by atoms with E-state index in [1.807, 2.05) is 57.4 Å². The summed E-state index contributed by atoms with van der Waals surface area (Å²) in [4.78, 5) is 38.9. The van der Waals surface area contributed by atoms with Crippen molar-refractivity contribution in [3.63, 3.8) is 0 Å². The molecule has 0 bridgehead atoms. The van der Waals surface area contributed by atoms with Crippen LogP contribution in [0.5, 0.6) is 5.75 Å². The van der Waals surface area contributed by atoms with Crippen LogP contribution in [-0.2, 0) is 21.7 Å². The molecule has 3 N–H and O–H groups in total. The second kappa shape index (κ2) is 18.7. The van der Waals surface area contributed by atoms with E-state index in [-0.39, 0.29) is 12.5 Å². The molecule has 0 aromatic heterocycles. The molecule has 0 aliphatic heterocycles. The molecule has 2 aliphatic rings. The first-order valence-electron chi connectivity index (χ1n) is 15.8. The van der Waals surface area contributed by atoms with Gasteiger partial charge in [0, 0.05) is 17.3 Å². The Labute approximate surface area is 279 Å². The minimum atomic E-state index is -0.812. The van der Waals surface area contributed by atoms with Gasteiger partial charge < -0.3 is 20.7 Å². The predicted octanol–water partition coefficient (Wildman–Crippen LogP) is 5.67. The smallest absolute Gasteiger partial charge is 0.310 e. The maximum Gasteiger partial charge on any atom is 0.310 e. The van der Waals surface area contributed by atoms with Crippen LogP contribution in [0.15, 0.2) is 59.4 Å². The van der Waals surface area contributed by atoms with Crippen molar-refractivity contribution in [3.05, 3.63) is 86.5 Å². The van der Waals surface area contributed by atoms with E-state index in [0.29, 0.717) is 21.8 Å². The summed E-state index contributed by atoms with van der Waals surface area (Å²) < 4.78 is 5.51. The Hall–Kier alpha value is -4.22. The number of methoxy groups -OCH3 is 1. The van der Waals surface area contributed by atoms with Gasteiger partial charge in [0.1, 0.15) is 5.75 Å². The minimum absolute atomic E-state index is 0.0126. The van der Waals surface area contributed by atoms with Crippen molar-refractivity contribution in [3.8, 4) is 17.6 Å². The van der Waals surface area contributed by atoms with Crippen molar-refractivity contribution in [1.29, 1.82) is 0 Å². The lowest BCUT2D eigenvalue weighted by molar-refractivity contribution is -0.139. The molecule has 3 amide bonds. The molecule has 1 atom stereocenters. The van der Waals surface area contributed by atoms with E-state index in [1.165, 1.54) is 24.6 Å². The van der Waals surface area contributed by atoms with Crippen molar-refractivity contribution in [2.45, 2.75) is 85.4 Å². The first kappa shape index (κ1) is 38.0. The maximum atomic E-state index is 13.4. The van der Waals surface area contributed by atoms with E-state index < -0.39 is 23.4 Å². The van der Waals surface area contributed by atoms with Crippen LogP contribution >= 0.6 is 11.8 Å². The van der Waals surface area contributed by atoms with Gasteiger partial charge in [0.05, 0.1) is 23.6 Å². The third-order valence-electron chi connectivity index (χ3n) is 7.33. The van der Waals surface area contributed by atoms with E-state index in [9.17, 15) is 14.4 Å². The summed E-state index contributed by atoms with van der Waals surface area (Å²) in [5.74, 6) is 5.58. The molecule has 4 rings (SSSR count). The zero-order valence-electron chi connectivity index (χ0n) is 28.3. The Balaban J connectivity index is 0.00000112. The second-order valence-electron chi connectivity index (χ2n) is 11.1. The lowest BCUT2D eigenvalue weighted by atomic mass is 10.00. The fourth-order valence-electron chi connectivity index (χ4n) is 4.26. The minimum Gasteiger partial charge on any atom is -0.496 e. The number of benzene rings is 2. The van der Waals surface area contributed by atoms with E-state index in [2.05, 4.69) is 47.9 Å². The Morgan fingerprint density at radius 2 is 1.78 bits per heavy atom. The Morgan fingerprint density at radius 3 is 2.35 bits per heavy atom. The summed E-state index contributed by atoms with van der Waals surface area (Å²) in [6.07, 6.45) is 8.40. The van der Waals surface area contributed by atoms with Crippen molar-refractivity contribution >= 4 is 42.1 Å². The summed E-state index contributed by atoms with van der Waals surface area (Å²) in [5, 5.41) is 12.0. The summed E-state index contributed by atoms with van der Waals surface area (Å²) in [6, 6.07) is 10.4. The molecule has 0 heterocycles. The largest absolute Gasteiger partial charge is 0.496 e. The van der Waals surface area contributed by atoms with E-state index in [1.54, 1.807) is 38.3 Å². The van der Waals surface area contributed by atoms with Crippen molar-refractivity contribution in [2.24, 2.45) is 5.92 Å². The van der Waals surface area contributed by atoms with Gasteiger partial charge in [0.15, 0.2) is 0 Å². The number of carbonyl (C=O) groups is 3. The lowest BCUT2D eigenvalue weighted by Crippen LogP contribution is -2.43. The predicted molar refractivity (Wildman–Crippen MR) is 191 cm³/mol. The average Bonchev–Trinajstić information content (AvgIpc) is 4.01. The summed E-state index contributed by atoms with van der Waals surface area (Å²) in [5.41, 5.74) is 1.48. The lowest BCUT2D eigenvalue weighted by Gasteiger charge is -2.20. The Bertz CT molecular complexity index is 1590. The number of nitrogens with one attached hydrogen (secondary N) is 3. The highest BCUT2D eigenvalue weighted by atomic mass is 32.2. The molecule has 2 aromatic carbocycles. The number of allylic oxidation sites excluding steroid dienone is 2. The van der Waals surface area contributed by atoms with Crippen LogP contribution in [0.4, 0.5) is 0 Å². The van der Waals surface area contributed by atoms with Gasteiger partial charge in [-0.1, -0.05) is 101 Å². The molecule has 46 heavy (non-hydrogen) atoms. The highest BCUT2D eigenvalue weighted by Gasteiger charge is 2.46. The molecule has 7 nitrogen and oxygen atoms in total. The molecule has 8 heteroatoms. The molecule has 0 spiro atoms. The van der Waals surface area contributed by atoms with Crippen molar-refractivity contribution < 1.29 is 19.1 Å². The van der Waals surface area contributed by atoms with Gasteiger partial charge in [-0.15, -0.1) is 0 Å². The zero-order valence-corrected chi connectivity index (χ0v) is 29.2. The van der Waals surface area contributed by atoms with Crippen molar-refractivity contribution in [2.75, 3.05) is 7.11 Å². The molecule has 2 aliphatic carbocycles. The van der Waals surface area contributed by atoms with Crippen LogP contribution in [0, 0.1) is 17.8 Å². The maximum absolute atomic E-state index is 13.4.